The molecule has 0 aromatic heterocycles. The van der Waals surface area contributed by atoms with Gasteiger partial charge in [0.1, 0.15) is 5.75 Å². The molecule has 0 bridgehead atoms. The van der Waals surface area contributed by atoms with Crippen LogP contribution in [0.15, 0.2) is 36.4 Å². The summed E-state index contributed by atoms with van der Waals surface area (Å²) < 4.78 is 5.62. The van der Waals surface area contributed by atoms with E-state index in [0.717, 1.165) is 17.7 Å². The van der Waals surface area contributed by atoms with E-state index in [0.29, 0.717) is 0 Å². The lowest BCUT2D eigenvalue weighted by molar-refractivity contribution is -0.123. The zero-order valence-electron chi connectivity index (χ0n) is 15.3. The summed E-state index contributed by atoms with van der Waals surface area (Å²) in [5, 5.41) is 3.08. The Morgan fingerprint density at radius 2 is 1.75 bits per heavy atom. The Labute approximate surface area is 145 Å². The van der Waals surface area contributed by atoms with Crippen LogP contribution in [0.4, 0.5) is 0 Å². The summed E-state index contributed by atoms with van der Waals surface area (Å²) in [6.07, 6.45) is 0.847. The zero-order chi connectivity index (χ0) is 17.7. The van der Waals surface area contributed by atoms with Gasteiger partial charge in [0.2, 0.25) is 0 Å². The number of amides is 1. The van der Waals surface area contributed by atoms with Crippen molar-refractivity contribution < 1.29 is 9.53 Å². The molecule has 2 rings (SSSR count). The first-order valence-electron chi connectivity index (χ1n) is 8.47. The Balaban J connectivity index is 1.97. The smallest absolute Gasteiger partial charge is 0.258 e. The molecule has 0 radical (unpaired) electrons. The minimum atomic E-state index is -0.0972. The third kappa shape index (κ3) is 4.60. The molecule has 0 heterocycles. The van der Waals surface area contributed by atoms with Gasteiger partial charge in [-0.2, -0.15) is 0 Å². The summed E-state index contributed by atoms with van der Waals surface area (Å²) in [4.78, 5) is 12.3. The number of aryl methyl sites for hydroxylation is 4. The van der Waals surface area contributed by atoms with E-state index >= 15 is 0 Å². The summed E-state index contributed by atoms with van der Waals surface area (Å²) in [5.41, 5.74) is 5.98. The van der Waals surface area contributed by atoms with E-state index in [1.807, 2.05) is 25.1 Å². The highest BCUT2D eigenvalue weighted by Gasteiger charge is 2.15. The molecular weight excluding hydrogens is 298 g/mol. The summed E-state index contributed by atoms with van der Waals surface area (Å²) in [6, 6.07) is 12.2. The quantitative estimate of drug-likeness (QED) is 0.845. The van der Waals surface area contributed by atoms with E-state index in [4.69, 9.17) is 4.74 Å². The van der Waals surface area contributed by atoms with Crippen LogP contribution in [0.2, 0.25) is 0 Å². The highest BCUT2D eigenvalue weighted by Crippen LogP contribution is 2.22. The number of carbonyl (C=O) groups excluding carboxylic acids is 1. The van der Waals surface area contributed by atoms with Gasteiger partial charge in [-0.3, -0.25) is 4.79 Å². The van der Waals surface area contributed by atoms with Crippen LogP contribution in [-0.4, -0.2) is 12.5 Å². The number of rotatable bonds is 6. The van der Waals surface area contributed by atoms with Gasteiger partial charge >= 0.3 is 0 Å². The van der Waals surface area contributed by atoms with Crippen molar-refractivity contribution in [3.63, 3.8) is 0 Å². The molecule has 24 heavy (non-hydrogen) atoms. The lowest BCUT2D eigenvalue weighted by Gasteiger charge is -2.20. The summed E-state index contributed by atoms with van der Waals surface area (Å²) in [5.74, 6) is 0.632. The largest absolute Gasteiger partial charge is 0.484 e. The van der Waals surface area contributed by atoms with Crippen molar-refractivity contribution >= 4 is 5.91 Å². The molecule has 0 spiro atoms. The predicted octanol–water partition coefficient (Wildman–Crippen LogP) is 4.57. The molecule has 2 aromatic carbocycles. The second kappa shape index (κ2) is 8.00. The SMILES string of the molecule is CC[C@@H](NC(=O)COc1ccc(C)c(C)c1)c1ccc(C)cc1C. The molecular formula is C21H27NO2. The topological polar surface area (TPSA) is 38.3 Å². The standard InChI is InChI=1S/C21H27NO2/c1-6-20(19-10-7-14(2)11-17(19)5)22-21(23)13-24-18-9-8-15(3)16(4)12-18/h7-12,20H,6,13H2,1-5H3,(H,22,23)/t20-/m1/s1. The fourth-order valence-corrected chi connectivity index (χ4v) is 2.80. The molecule has 0 fully saturated rings. The van der Waals surface area contributed by atoms with Gasteiger partial charge in [-0.05, 0) is 68.5 Å². The van der Waals surface area contributed by atoms with Crippen molar-refractivity contribution in [3.05, 3.63) is 64.2 Å². The van der Waals surface area contributed by atoms with Crippen molar-refractivity contribution in [2.24, 2.45) is 0 Å². The van der Waals surface area contributed by atoms with Gasteiger partial charge < -0.3 is 10.1 Å². The highest BCUT2D eigenvalue weighted by molar-refractivity contribution is 5.78. The fourth-order valence-electron chi connectivity index (χ4n) is 2.80. The first kappa shape index (κ1) is 18.1. The molecule has 1 N–H and O–H groups in total. The Kier molecular flexibility index (Phi) is 6.02. The zero-order valence-corrected chi connectivity index (χ0v) is 15.3. The second-order valence-electron chi connectivity index (χ2n) is 6.42. The minimum Gasteiger partial charge on any atom is -0.484 e. The molecule has 1 amide bonds. The van der Waals surface area contributed by atoms with E-state index in [1.54, 1.807) is 0 Å². The summed E-state index contributed by atoms with van der Waals surface area (Å²) in [7, 11) is 0. The monoisotopic (exact) mass is 325 g/mol. The highest BCUT2D eigenvalue weighted by atomic mass is 16.5. The number of carbonyl (C=O) groups is 1. The van der Waals surface area contributed by atoms with E-state index in [2.05, 4.69) is 51.2 Å². The number of hydrogen-bond donors (Lipinski definition) is 1. The fraction of sp³-hybridized carbons (Fsp3) is 0.381. The molecule has 3 nitrogen and oxygen atoms in total. The van der Waals surface area contributed by atoms with Gasteiger partial charge in [0, 0.05) is 0 Å². The van der Waals surface area contributed by atoms with E-state index in [9.17, 15) is 4.79 Å². The minimum absolute atomic E-state index is 0.0152. The van der Waals surface area contributed by atoms with Crippen LogP contribution in [0.5, 0.6) is 5.75 Å². The van der Waals surface area contributed by atoms with E-state index < -0.39 is 0 Å². The average Bonchev–Trinajstić information content (AvgIpc) is 2.54. The van der Waals surface area contributed by atoms with Crippen molar-refractivity contribution in [1.82, 2.24) is 5.32 Å². The van der Waals surface area contributed by atoms with Crippen LogP contribution in [0, 0.1) is 27.7 Å². The molecule has 0 saturated heterocycles. The van der Waals surface area contributed by atoms with Gasteiger partial charge in [0.25, 0.3) is 5.91 Å². The van der Waals surface area contributed by atoms with Crippen molar-refractivity contribution in [2.45, 2.75) is 47.1 Å². The lowest BCUT2D eigenvalue weighted by Crippen LogP contribution is -2.32. The normalized spacial score (nSPS) is 11.9. The van der Waals surface area contributed by atoms with Gasteiger partial charge in [-0.15, -0.1) is 0 Å². The summed E-state index contributed by atoms with van der Waals surface area (Å²) >= 11 is 0. The van der Waals surface area contributed by atoms with Crippen LogP contribution in [0.3, 0.4) is 0 Å². The molecule has 1 atom stereocenters. The maximum absolute atomic E-state index is 12.3. The Hall–Kier alpha value is -2.29. The first-order chi connectivity index (χ1) is 11.4. The van der Waals surface area contributed by atoms with Gasteiger partial charge in [-0.1, -0.05) is 36.8 Å². The number of ether oxygens (including phenoxy) is 1. The number of nitrogens with one attached hydrogen (secondary N) is 1. The maximum Gasteiger partial charge on any atom is 0.258 e. The molecule has 0 unspecified atom stereocenters. The van der Waals surface area contributed by atoms with Crippen molar-refractivity contribution in [1.29, 1.82) is 0 Å². The van der Waals surface area contributed by atoms with Crippen molar-refractivity contribution in [2.75, 3.05) is 6.61 Å². The molecule has 0 saturated carbocycles. The number of hydrogen-bond acceptors (Lipinski definition) is 2. The van der Waals surface area contributed by atoms with Crippen LogP contribution in [0.25, 0.3) is 0 Å². The first-order valence-corrected chi connectivity index (χ1v) is 8.47. The van der Waals surface area contributed by atoms with Crippen LogP contribution >= 0.6 is 0 Å². The third-order valence-electron chi connectivity index (χ3n) is 4.39. The van der Waals surface area contributed by atoms with Crippen LogP contribution in [0.1, 0.15) is 47.2 Å². The lowest BCUT2D eigenvalue weighted by atomic mass is 9.97. The molecule has 0 aliphatic rings. The maximum atomic E-state index is 12.3. The van der Waals surface area contributed by atoms with Crippen LogP contribution in [-0.2, 0) is 4.79 Å². The molecule has 0 aliphatic carbocycles. The Bertz CT molecular complexity index is 722. The second-order valence-corrected chi connectivity index (χ2v) is 6.42. The van der Waals surface area contributed by atoms with Gasteiger partial charge in [0.15, 0.2) is 6.61 Å². The molecule has 2 aromatic rings. The van der Waals surface area contributed by atoms with Crippen molar-refractivity contribution in [3.8, 4) is 5.75 Å². The third-order valence-corrected chi connectivity index (χ3v) is 4.39. The predicted molar refractivity (Wildman–Crippen MR) is 98.5 cm³/mol. The van der Waals surface area contributed by atoms with E-state index in [1.165, 1.54) is 22.3 Å². The van der Waals surface area contributed by atoms with Gasteiger partial charge in [-0.25, -0.2) is 0 Å². The molecule has 0 aliphatic heterocycles. The number of benzene rings is 2. The molecule has 3 heteroatoms. The Morgan fingerprint density at radius 1 is 1.00 bits per heavy atom. The van der Waals surface area contributed by atoms with Crippen LogP contribution < -0.4 is 10.1 Å². The molecule has 128 valence electrons. The van der Waals surface area contributed by atoms with E-state index in [-0.39, 0.29) is 18.6 Å². The summed E-state index contributed by atoms with van der Waals surface area (Å²) in [6.45, 7) is 10.4. The van der Waals surface area contributed by atoms with Gasteiger partial charge in [0.05, 0.1) is 6.04 Å². The Morgan fingerprint density at radius 3 is 2.38 bits per heavy atom. The average molecular weight is 325 g/mol.